The largest absolute Gasteiger partial charge is 0.456 e. The van der Waals surface area contributed by atoms with Gasteiger partial charge in [0.15, 0.2) is 6.61 Å². The number of nitrogens with zero attached hydrogens (tertiary/aromatic N) is 2. The van der Waals surface area contributed by atoms with Crippen molar-refractivity contribution in [3.63, 3.8) is 0 Å². The molecule has 0 aromatic heterocycles. The van der Waals surface area contributed by atoms with E-state index in [1.165, 1.54) is 16.7 Å². The van der Waals surface area contributed by atoms with Crippen LogP contribution in [0, 0.1) is 0 Å². The lowest BCUT2D eigenvalue weighted by atomic mass is 10.1. The summed E-state index contributed by atoms with van der Waals surface area (Å²) in [6, 6.07) is 12.6. The highest BCUT2D eigenvalue weighted by atomic mass is 16.7. The van der Waals surface area contributed by atoms with Crippen molar-refractivity contribution >= 4 is 46.9 Å². The zero-order valence-corrected chi connectivity index (χ0v) is 23.9. The average Bonchev–Trinajstić information content (AvgIpc) is 3.29. The van der Waals surface area contributed by atoms with Crippen molar-refractivity contribution < 1.29 is 43.0 Å². The molecule has 1 fully saturated rings. The maximum atomic E-state index is 14.0. The SMILES string of the molecule is CCCCOC1OC(=O)C[C@@H]1NC(=O)CN1C(=O)[C@@H](NC(=O)c2ccccc2)CN(C(=O)COC(C)=O)c2ccccc21. The number of ether oxygens (including phenoxy) is 3. The third-order valence-corrected chi connectivity index (χ3v) is 6.82. The van der Waals surface area contributed by atoms with Crippen molar-refractivity contribution in [2.45, 2.75) is 51.5 Å². The molecule has 2 aromatic rings. The van der Waals surface area contributed by atoms with Crippen LogP contribution in [0.15, 0.2) is 54.6 Å². The summed E-state index contributed by atoms with van der Waals surface area (Å²) in [5.41, 5.74) is 0.793. The Morgan fingerprint density at radius 1 is 0.977 bits per heavy atom. The molecule has 2 aliphatic heterocycles. The molecule has 1 unspecified atom stereocenters. The van der Waals surface area contributed by atoms with Crippen molar-refractivity contribution in [3.05, 3.63) is 60.2 Å². The molecule has 13 heteroatoms. The van der Waals surface area contributed by atoms with Gasteiger partial charge in [-0.1, -0.05) is 43.7 Å². The van der Waals surface area contributed by atoms with Crippen LogP contribution in [0.4, 0.5) is 11.4 Å². The summed E-state index contributed by atoms with van der Waals surface area (Å²) in [4.78, 5) is 79.4. The molecule has 4 amide bonds. The highest BCUT2D eigenvalue weighted by molar-refractivity contribution is 6.11. The Bertz CT molecular complexity index is 1370. The van der Waals surface area contributed by atoms with Crippen molar-refractivity contribution in [1.82, 2.24) is 10.6 Å². The lowest BCUT2D eigenvalue weighted by molar-refractivity contribution is -0.165. The minimum atomic E-state index is -1.27. The molecular formula is C30H34N4O9. The van der Waals surface area contributed by atoms with Crippen molar-refractivity contribution in [3.8, 4) is 0 Å². The lowest BCUT2D eigenvalue weighted by Crippen LogP contribution is -2.55. The van der Waals surface area contributed by atoms with E-state index >= 15 is 0 Å². The first-order valence-corrected chi connectivity index (χ1v) is 14.0. The number of cyclic esters (lactones) is 1. The number of unbranched alkanes of at least 4 members (excludes halogenated alkanes) is 1. The summed E-state index contributed by atoms with van der Waals surface area (Å²) < 4.78 is 15.8. The van der Waals surface area contributed by atoms with E-state index in [0.29, 0.717) is 12.2 Å². The quantitative estimate of drug-likeness (QED) is 0.289. The average molecular weight is 595 g/mol. The van der Waals surface area contributed by atoms with Crippen LogP contribution < -0.4 is 20.4 Å². The monoisotopic (exact) mass is 594 g/mol. The van der Waals surface area contributed by atoms with Crippen LogP contribution in [0.1, 0.15) is 43.5 Å². The molecule has 13 nitrogen and oxygen atoms in total. The Labute approximate surface area is 248 Å². The summed E-state index contributed by atoms with van der Waals surface area (Å²) in [5, 5.41) is 5.40. The topological polar surface area (TPSA) is 161 Å². The number of hydrogen-bond acceptors (Lipinski definition) is 9. The molecular weight excluding hydrogens is 560 g/mol. The van der Waals surface area contributed by atoms with Gasteiger partial charge in [-0.2, -0.15) is 0 Å². The number of nitrogens with one attached hydrogen (secondary N) is 2. The van der Waals surface area contributed by atoms with Crippen LogP contribution in [0.3, 0.4) is 0 Å². The number of anilines is 2. The van der Waals surface area contributed by atoms with Crippen LogP contribution in [0.5, 0.6) is 0 Å². The van der Waals surface area contributed by atoms with Gasteiger partial charge in [0.2, 0.25) is 12.2 Å². The van der Waals surface area contributed by atoms with E-state index in [1.807, 2.05) is 6.92 Å². The first-order valence-electron chi connectivity index (χ1n) is 14.0. The van der Waals surface area contributed by atoms with Crippen molar-refractivity contribution in [2.75, 3.05) is 36.1 Å². The first-order chi connectivity index (χ1) is 20.7. The van der Waals surface area contributed by atoms with E-state index in [4.69, 9.17) is 14.2 Å². The van der Waals surface area contributed by atoms with Gasteiger partial charge in [0.05, 0.1) is 30.9 Å². The molecule has 3 atom stereocenters. The molecule has 2 aromatic carbocycles. The van der Waals surface area contributed by atoms with Gasteiger partial charge in [-0.15, -0.1) is 0 Å². The maximum absolute atomic E-state index is 14.0. The summed E-state index contributed by atoms with van der Waals surface area (Å²) in [7, 11) is 0. The molecule has 2 aliphatic rings. The second-order valence-electron chi connectivity index (χ2n) is 10.1. The van der Waals surface area contributed by atoms with Gasteiger partial charge < -0.3 is 29.7 Å². The maximum Gasteiger partial charge on any atom is 0.310 e. The number of carbonyl (C=O) groups excluding carboxylic acids is 6. The van der Waals surface area contributed by atoms with Crippen LogP contribution in [0.25, 0.3) is 0 Å². The van der Waals surface area contributed by atoms with Crippen LogP contribution in [-0.4, -0.2) is 80.2 Å². The number of fused-ring (bicyclic) bond motifs is 1. The number of benzene rings is 2. The van der Waals surface area contributed by atoms with E-state index in [-0.39, 0.29) is 24.3 Å². The summed E-state index contributed by atoms with van der Waals surface area (Å²) in [6.45, 7) is 2.13. The fraction of sp³-hybridized carbons (Fsp3) is 0.400. The Balaban J connectivity index is 1.61. The van der Waals surface area contributed by atoms with Gasteiger partial charge in [0.25, 0.3) is 17.7 Å². The highest BCUT2D eigenvalue weighted by Gasteiger charge is 2.40. The van der Waals surface area contributed by atoms with Gasteiger partial charge in [-0.25, -0.2) is 0 Å². The minimum Gasteiger partial charge on any atom is -0.456 e. The van der Waals surface area contributed by atoms with Crippen molar-refractivity contribution in [1.29, 1.82) is 0 Å². The van der Waals surface area contributed by atoms with Gasteiger partial charge in [-0.3, -0.25) is 33.7 Å². The van der Waals surface area contributed by atoms with Gasteiger partial charge in [0, 0.05) is 12.5 Å². The smallest absolute Gasteiger partial charge is 0.310 e. The highest BCUT2D eigenvalue weighted by Crippen LogP contribution is 2.33. The molecule has 1 saturated heterocycles. The summed E-state index contributed by atoms with van der Waals surface area (Å²) >= 11 is 0. The molecule has 0 aliphatic carbocycles. The number of hydrogen-bond donors (Lipinski definition) is 2. The van der Waals surface area contributed by atoms with Gasteiger partial charge in [0.1, 0.15) is 18.6 Å². The second kappa shape index (κ2) is 14.4. The Kier molecular flexibility index (Phi) is 10.4. The zero-order chi connectivity index (χ0) is 30.9. The molecule has 0 bridgehead atoms. The first kappa shape index (κ1) is 31.2. The lowest BCUT2D eigenvalue weighted by Gasteiger charge is -2.26. The number of rotatable bonds is 11. The predicted octanol–water partition coefficient (Wildman–Crippen LogP) is 1.30. The van der Waals surface area contributed by atoms with Crippen LogP contribution in [-0.2, 0) is 38.2 Å². The molecule has 0 saturated carbocycles. The molecule has 2 N–H and O–H groups in total. The molecule has 4 rings (SSSR count). The molecule has 43 heavy (non-hydrogen) atoms. The third kappa shape index (κ3) is 7.95. The Morgan fingerprint density at radius 3 is 2.37 bits per heavy atom. The minimum absolute atomic E-state index is 0.0960. The molecule has 0 spiro atoms. The van der Waals surface area contributed by atoms with Gasteiger partial charge >= 0.3 is 11.9 Å². The zero-order valence-electron chi connectivity index (χ0n) is 23.9. The van der Waals surface area contributed by atoms with Crippen LogP contribution in [0.2, 0.25) is 0 Å². The Morgan fingerprint density at radius 2 is 1.67 bits per heavy atom. The number of carbonyl (C=O) groups is 6. The van der Waals surface area contributed by atoms with Crippen LogP contribution >= 0.6 is 0 Å². The Hall–Kier alpha value is -4.78. The van der Waals surface area contributed by atoms with E-state index in [1.54, 1.807) is 54.6 Å². The molecule has 0 radical (unpaired) electrons. The van der Waals surface area contributed by atoms with Gasteiger partial charge in [-0.05, 0) is 30.7 Å². The van der Waals surface area contributed by atoms with E-state index in [9.17, 15) is 28.8 Å². The fourth-order valence-corrected chi connectivity index (χ4v) is 4.71. The molecule has 2 heterocycles. The van der Waals surface area contributed by atoms with E-state index < -0.39 is 67.1 Å². The predicted molar refractivity (Wildman–Crippen MR) is 153 cm³/mol. The summed E-state index contributed by atoms with van der Waals surface area (Å²) in [6.07, 6.45) is 0.566. The van der Waals surface area contributed by atoms with E-state index in [2.05, 4.69) is 10.6 Å². The third-order valence-electron chi connectivity index (χ3n) is 6.82. The second-order valence-corrected chi connectivity index (χ2v) is 10.1. The number of amides is 4. The summed E-state index contributed by atoms with van der Waals surface area (Å²) in [5.74, 6) is -3.63. The normalized spacial score (nSPS) is 19.6. The number of para-hydroxylation sites is 2. The fourth-order valence-electron chi connectivity index (χ4n) is 4.71. The van der Waals surface area contributed by atoms with Crippen molar-refractivity contribution in [2.24, 2.45) is 0 Å². The molecule has 228 valence electrons. The standard InChI is InChI=1S/C30H34N4O9/c1-3-4-14-41-30-21(15-27(38)43-30)31-25(36)17-34-24-13-9-8-12-23(24)33(26(37)18-42-19(2)35)16-22(29(34)40)32-28(39)20-10-6-5-7-11-20/h5-13,21-22,30H,3-4,14-18H2,1-2H3,(H,31,36)(H,32,39)/t21-,22-,30?/m0/s1. The van der Waals surface area contributed by atoms with E-state index in [0.717, 1.165) is 12.8 Å². The number of esters is 2.